The van der Waals surface area contributed by atoms with Crippen molar-refractivity contribution in [3.8, 4) is 0 Å². The summed E-state index contributed by atoms with van der Waals surface area (Å²) in [6, 6.07) is 0. The van der Waals surface area contributed by atoms with Crippen LogP contribution in [0.1, 0.15) is 38.5 Å². The molecule has 0 amide bonds. The molecule has 1 saturated carbocycles. The van der Waals surface area contributed by atoms with Crippen LogP contribution in [0.2, 0.25) is 0 Å². The van der Waals surface area contributed by atoms with Gasteiger partial charge in [0, 0.05) is 12.0 Å². The van der Waals surface area contributed by atoms with Gasteiger partial charge in [0.25, 0.3) is 0 Å². The van der Waals surface area contributed by atoms with E-state index in [2.05, 4.69) is 0 Å². The third-order valence-corrected chi connectivity index (χ3v) is 3.53. The minimum Gasteiger partial charge on any atom is -0.396 e. The molecule has 13 heavy (non-hydrogen) atoms. The molecule has 0 aromatic rings. The number of ether oxygens (including phenoxy) is 1. The zero-order valence-corrected chi connectivity index (χ0v) is 7.91. The topological polar surface area (TPSA) is 49.7 Å². The van der Waals surface area contributed by atoms with Crippen LogP contribution in [-0.4, -0.2) is 29.2 Å². The summed E-state index contributed by atoms with van der Waals surface area (Å²) >= 11 is 0. The monoisotopic (exact) mass is 186 g/mol. The molecule has 0 aromatic heterocycles. The first-order valence-electron chi connectivity index (χ1n) is 5.21. The van der Waals surface area contributed by atoms with E-state index in [4.69, 9.17) is 9.84 Å². The Kier molecular flexibility index (Phi) is 2.58. The molecule has 0 radical (unpaired) electrons. The maximum absolute atomic E-state index is 9.77. The van der Waals surface area contributed by atoms with Crippen LogP contribution >= 0.6 is 0 Å². The second-order valence-corrected chi connectivity index (χ2v) is 4.40. The fourth-order valence-corrected chi connectivity index (χ4v) is 2.77. The van der Waals surface area contributed by atoms with E-state index < -0.39 is 6.29 Å². The maximum Gasteiger partial charge on any atom is 0.160 e. The maximum atomic E-state index is 9.77. The fraction of sp³-hybridized carbons (Fsp3) is 1.00. The van der Waals surface area contributed by atoms with E-state index in [1.54, 1.807) is 0 Å². The first-order chi connectivity index (χ1) is 6.27. The minimum absolute atomic E-state index is 0.0415. The third kappa shape index (κ3) is 1.60. The Labute approximate surface area is 78.7 Å². The van der Waals surface area contributed by atoms with E-state index in [0.717, 1.165) is 19.3 Å². The van der Waals surface area contributed by atoms with Crippen molar-refractivity contribution in [2.75, 3.05) is 6.61 Å². The van der Waals surface area contributed by atoms with Gasteiger partial charge in [-0.15, -0.1) is 0 Å². The van der Waals surface area contributed by atoms with Gasteiger partial charge in [-0.05, 0) is 25.7 Å². The van der Waals surface area contributed by atoms with Crippen LogP contribution in [0.15, 0.2) is 0 Å². The molecular weight excluding hydrogens is 168 g/mol. The molecule has 2 fully saturated rings. The molecule has 1 spiro atoms. The molecule has 2 N–H and O–H groups in total. The van der Waals surface area contributed by atoms with Crippen LogP contribution in [0.5, 0.6) is 0 Å². The average Bonchev–Trinajstić information content (AvgIpc) is 2.64. The summed E-state index contributed by atoms with van der Waals surface area (Å²) in [6.45, 7) is 0.160. The molecule has 0 bridgehead atoms. The van der Waals surface area contributed by atoms with Gasteiger partial charge in [0.1, 0.15) is 0 Å². The van der Waals surface area contributed by atoms with Gasteiger partial charge >= 0.3 is 0 Å². The summed E-state index contributed by atoms with van der Waals surface area (Å²) in [5, 5.41) is 18.6. The Morgan fingerprint density at radius 3 is 2.62 bits per heavy atom. The standard InChI is InChI=1S/C10H18O3/c11-6-3-8-7-10(9(12)13-8)4-1-2-5-10/h8-9,11-12H,1-7H2. The van der Waals surface area contributed by atoms with Crippen LogP contribution in [-0.2, 0) is 4.74 Å². The minimum atomic E-state index is -0.577. The first-order valence-corrected chi connectivity index (χ1v) is 5.21. The molecule has 2 atom stereocenters. The van der Waals surface area contributed by atoms with Gasteiger partial charge in [0.2, 0.25) is 0 Å². The molecule has 3 nitrogen and oxygen atoms in total. The van der Waals surface area contributed by atoms with Crippen molar-refractivity contribution in [1.82, 2.24) is 0 Å². The molecule has 1 heterocycles. The number of aliphatic hydroxyl groups excluding tert-OH is 2. The Morgan fingerprint density at radius 2 is 2.00 bits per heavy atom. The molecule has 2 rings (SSSR count). The highest BCUT2D eigenvalue weighted by Gasteiger charge is 2.48. The third-order valence-electron chi connectivity index (χ3n) is 3.53. The van der Waals surface area contributed by atoms with Gasteiger partial charge in [0.15, 0.2) is 6.29 Å². The molecule has 2 unspecified atom stereocenters. The van der Waals surface area contributed by atoms with Crippen molar-refractivity contribution in [2.45, 2.75) is 50.9 Å². The van der Waals surface area contributed by atoms with Gasteiger partial charge in [-0.25, -0.2) is 0 Å². The highest BCUT2D eigenvalue weighted by molar-refractivity contribution is 4.94. The summed E-state index contributed by atoms with van der Waals surface area (Å²) in [7, 11) is 0. The number of hydrogen-bond acceptors (Lipinski definition) is 3. The quantitative estimate of drug-likeness (QED) is 0.677. The predicted molar refractivity (Wildman–Crippen MR) is 48.1 cm³/mol. The lowest BCUT2D eigenvalue weighted by molar-refractivity contribution is -0.136. The highest BCUT2D eigenvalue weighted by atomic mass is 16.6. The van der Waals surface area contributed by atoms with Crippen LogP contribution < -0.4 is 0 Å². The Morgan fingerprint density at radius 1 is 1.31 bits per heavy atom. The summed E-state index contributed by atoms with van der Waals surface area (Å²) in [5.74, 6) is 0. The second kappa shape index (κ2) is 3.56. The molecule has 1 aliphatic heterocycles. The first kappa shape index (κ1) is 9.44. The summed E-state index contributed by atoms with van der Waals surface area (Å²) in [4.78, 5) is 0. The largest absolute Gasteiger partial charge is 0.396 e. The number of rotatable bonds is 2. The molecule has 1 saturated heterocycles. The van der Waals surface area contributed by atoms with E-state index in [9.17, 15) is 5.11 Å². The van der Waals surface area contributed by atoms with E-state index >= 15 is 0 Å². The summed E-state index contributed by atoms with van der Waals surface area (Å²) in [5.41, 5.74) is 0.0415. The second-order valence-electron chi connectivity index (χ2n) is 4.40. The molecule has 0 aromatic carbocycles. The predicted octanol–water partition coefficient (Wildman–Crippen LogP) is 1.04. The van der Waals surface area contributed by atoms with Crippen molar-refractivity contribution in [3.63, 3.8) is 0 Å². The van der Waals surface area contributed by atoms with Crippen molar-refractivity contribution < 1.29 is 14.9 Å². The van der Waals surface area contributed by atoms with Crippen LogP contribution in [0.4, 0.5) is 0 Å². The zero-order chi connectivity index (χ0) is 9.31. The van der Waals surface area contributed by atoms with E-state index in [-0.39, 0.29) is 18.1 Å². The lowest BCUT2D eigenvalue weighted by atomic mass is 9.82. The van der Waals surface area contributed by atoms with Crippen molar-refractivity contribution in [1.29, 1.82) is 0 Å². The SMILES string of the molecule is OCCC1CC2(CCCC2)C(O)O1. The van der Waals surface area contributed by atoms with Gasteiger partial charge in [0.05, 0.1) is 6.10 Å². The lowest BCUT2D eigenvalue weighted by Crippen LogP contribution is -2.27. The zero-order valence-electron chi connectivity index (χ0n) is 7.91. The van der Waals surface area contributed by atoms with Gasteiger partial charge < -0.3 is 14.9 Å². The van der Waals surface area contributed by atoms with Crippen LogP contribution in [0, 0.1) is 5.41 Å². The van der Waals surface area contributed by atoms with Crippen molar-refractivity contribution in [2.24, 2.45) is 5.41 Å². The summed E-state index contributed by atoms with van der Waals surface area (Å²) in [6.07, 6.45) is 5.72. The molecule has 3 heteroatoms. The molecule has 76 valence electrons. The van der Waals surface area contributed by atoms with Crippen molar-refractivity contribution >= 4 is 0 Å². The van der Waals surface area contributed by atoms with E-state index in [1.165, 1.54) is 12.8 Å². The number of aliphatic hydroxyl groups is 2. The van der Waals surface area contributed by atoms with Crippen LogP contribution in [0.3, 0.4) is 0 Å². The van der Waals surface area contributed by atoms with E-state index in [1.807, 2.05) is 0 Å². The fourth-order valence-electron chi connectivity index (χ4n) is 2.77. The molecular formula is C10H18O3. The molecule has 2 aliphatic rings. The van der Waals surface area contributed by atoms with E-state index in [0.29, 0.717) is 6.42 Å². The summed E-state index contributed by atoms with van der Waals surface area (Å²) < 4.78 is 5.44. The Bertz CT molecular complexity index is 175. The lowest BCUT2D eigenvalue weighted by Gasteiger charge is -2.24. The van der Waals surface area contributed by atoms with Crippen molar-refractivity contribution in [3.05, 3.63) is 0 Å². The number of hydrogen-bond donors (Lipinski definition) is 2. The Hall–Kier alpha value is -0.120. The van der Waals surface area contributed by atoms with Gasteiger partial charge in [-0.1, -0.05) is 12.8 Å². The smallest absolute Gasteiger partial charge is 0.160 e. The van der Waals surface area contributed by atoms with Gasteiger partial charge in [-0.2, -0.15) is 0 Å². The van der Waals surface area contributed by atoms with Crippen LogP contribution in [0.25, 0.3) is 0 Å². The normalized spacial score (nSPS) is 37.4. The average molecular weight is 186 g/mol. The van der Waals surface area contributed by atoms with Gasteiger partial charge in [-0.3, -0.25) is 0 Å². The highest BCUT2D eigenvalue weighted by Crippen LogP contribution is 2.50. The Balaban J connectivity index is 1.98. The molecule has 1 aliphatic carbocycles.